The van der Waals surface area contributed by atoms with E-state index in [1.54, 1.807) is 6.33 Å². The van der Waals surface area contributed by atoms with Gasteiger partial charge in [-0.05, 0) is 61.4 Å². The first-order chi connectivity index (χ1) is 13.2. The molecule has 0 radical (unpaired) electrons. The lowest BCUT2D eigenvalue weighted by Crippen LogP contribution is -2.09. The number of aryl methyl sites for hydroxylation is 1. The van der Waals surface area contributed by atoms with Gasteiger partial charge in [0.15, 0.2) is 0 Å². The Morgan fingerprint density at radius 1 is 1.19 bits per heavy atom. The number of ether oxygens (including phenoxy) is 1. The van der Waals surface area contributed by atoms with Gasteiger partial charge in [-0.3, -0.25) is 0 Å². The molecule has 1 aliphatic rings. The van der Waals surface area contributed by atoms with Crippen LogP contribution in [0.3, 0.4) is 0 Å². The van der Waals surface area contributed by atoms with Crippen molar-refractivity contribution in [1.82, 2.24) is 9.97 Å². The third-order valence-corrected chi connectivity index (χ3v) is 6.39. The van der Waals surface area contributed by atoms with Crippen molar-refractivity contribution in [3.05, 3.63) is 41.0 Å². The Kier molecular flexibility index (Phi) is 5.58. The van der Waals surface area contributed by atoms with E-state index in [0.717, 1.165) is 47.5 Å². The highest BCUT2D eigenvalue weighted by atomic mass is 32.1. The number of fused-ring (bicyclic) bond motifs is 3. The van der Waals surface area contributed by atoms with Crippen LogP contribution in [0.4, 0.5) is 11.5 Å². The van der Waals surface area contributed by atoms with Gasteiger partial charge in [0.1, 0.15) is 22.7 Å². The Bertz CT molecular complexity index is 904. The molecule has 5 heteroatoms. The van der Waals surface area contributed by atoms with Crippen LogP contribution >= 0.6 is 11.3 Å². The van der Waals surface area contributed by atoms with E-state index in [9.17, 15) is 0 Å². The van der Waals surface area contributed by atoms with E-state index in [4.69, 9.17) is 4.74 Å². The molecule has 27 heavy (non-hydrogen) atoms. The average molecular weight is 382 g/mol. The number of benzene rings is 1. The number of rotatable bonds is 7. The lowest BCUT2D eigenvalue weighted by molar-refractivity contribution is 0.306. The largest absolute Gasteiger partial charge is 0.494 e. The van der Waals surface area contributed by atoms with Gasteiger partial charge in [0.25, 0.3) is 0 Å². The zero-order chi connectivity index (χ0) is 18.6. The van der Waals surface area contributed by atoms with Crippen molar-refractivity contribution in [3.8, 4) is 5.75 Å². The molecule has 0 saturated carbocycles. The molecule has 0 aliphatic heterocycles. The molecule has 1 aromatic carbocycles. The molecule has 0 amide bonds. The maximum Gasteiger partial charge on any atom is 0.142 e. The van der Waals surface area contributed by atoms with E-state index in [0.29, 0.717) is 0 Å². The fraction of sp³-hybridized carbons (Fsp3) is 0.455. The summed E-state index contributed by atoms with van der Waals surface area (Å²) in [5.41, 5.74) is 2.48. The Balaban J connectivity index is 1.52. The molecule has 4 nitrogen and oxygen atoms in total. The van der Waals surface area contributed by atoms with Crippen LogP contribution in [0.1, 0.15) is 50.0 Å². The van der Waals surface area contributed by atoms with Gasteiger partial charge in [0.2, 0.25) is 0 Å². The number of hydrogen-bond donors (Lipinski definition) is 1. The summed E-state index contributed by atoms with van der Waals surface area (Å²) in [6.07, 6.45) is 8.75. The average Bonchev–Trinajstić information content (AvgIpc) is 3.05. The molecule has 1 N–H and O–H groups in total. The summed E-state index contributed by atoms with van der Waals surface area (Å²) in [6.45, 7) is 5.33. The van der Waals surface area contributed by atoms with Crippen LogP contribution in [-0.4, -0.2) is 16.6 Å². The summed E-state index contributed by atoms with van der Waals surface area (Å²) >= 11 is 1.83. The molecular weight excluding hydrogens is 354 g/mol. The van der Waals surface area contributed by atoms with Crippen LogP contribution in [0, 0.1) is 5.92 Å². The molecule has 3 aromatic rings. The van der Waals surface area contributed by atoms with Crippen molar-refractivity contribution in [2.75, 3.05) is 11.9 Å². The summed E-state index contributed by atoms with van der Waals surface area (Å²) in [4.78, 5) is 11.7. The lowest BCUT2D eigenvalue weighted by atomic mass is 9.89. The second kappa shape index (κ2) is 8.26. The summed E-state index contributed by atoms with van der Waals surface area (Å²) in [5, 5.41) is 4.71. The van der Waals surface area contributed by atoms with Crippen molar-refractivity contribution >= 4 is 33.1 Å². The minimum Gasteiger partial charge on any atom is -0.494 e. The predicted octanol–water partition coefficient (Wildman–Crippen LogP) is 6.13. The van der Waals surface area contributed by atoms with E-state index in [1.165, 1.54) is 41.5 Å². The molecule has 2 heterocycles. The van der Waals surface area contributed by atoms with Crippen LogP contribution in [0.5, 0.6) is 5.75 Å². The van der Waals surface area contributed by atoms with Crippen LogP contribution in [0.2, 0.25) is 0 Å². The second-order valence-electron chi connectivity index (χ2n) is 7.46. The van der Waals surface area contributed by atoms with Crippen LogP contribution in [0.25, 0.3) is 10.2 Å². The normalized spacial score (nSPS) is 16.3. The van der Waals surface area contributed by atoms with Crippen molar-refractivity contribution in [3.63, 3.8) is 0 Å². The van der Waals surface area contributed by atoms with E-state index < -0.39 is 0 Å². The minimum absolute atomic E-state index is 0.764. The van der Waals surface area contributed by atoms with E-state index in [-0.39, 0.29) is 0 Å². The first-order valence-electron chi connectivity index (χ1n) is 9.99. The Morgan fingerprint density at radius 2 is 2.04 bits per heavy atom. The molecule has 0 bridgehead atoms. The zero-order valence-electron chi connectivity index (χ0n) is 16.1. The van der Waals surface area contributed by atoms with Crippen molar-refractivity contribution in [2.24, 2.45) is 5.92 Å². The number of aromatic nitrogens is 2. The molecular formula is C22H27N3OS. The number of unbranched alkanes of at least 4 members (excludes halogenated alkanes) is 2. The quantitative estimate of drug-likeness (QED) is 0.500. The third kappa shape index (κ3) is 4.08. The highest BCUT2D eigenvalue weighted by Crippen LogP contribution is 2.40. The van der Waals surface area contributed by atoms with Crippen molar-refractivity contribution in [2.45, 2.75) is 52.4 Å². The standard InChI is InChI=1S/C22H27N3OS/c1-3-4-5-12-26-17-9-7-16(8-10-17)25-21-20-18-11-6-15(2)13-19(18)27-22(20)24-14-23-21/h7-10,14-15H,3-6,11-13H2,1-2H3,(H,23,24,25)/t15-/m0/s1. The van der Waals surface area contributed by atoms with Gasteiger partial charge in [-0.2, -0.15) is 0 Å². The molecule has 0 spiro atoms. The molecule has 4 rings (SSSR count). The number of thiophene rings is 1. The summed E-state index contributed by atoms with van der Waals surface area (Å²) in [6, 6.07) is 8.17. The molecule has 142 valence electrons. The number of nitrogens with one attached hydrogen (secondary N) is 1. The summed E-state index contributed by atoms with van der Waals surface area (Å²) in [7, 11) is 0. The van der Waals surface area contributed by atoms with Gasteiger partial charge in [0, 0.05) is 10.6 Å². The van der Waals surface area contributed by atoms with Crippen molar-refractivity contribution in [1.29, 1.82) is 0 Å². The van der Waals surface area contributed by atoms with E-state index >= 15 is 0 Å². The van der Waals surface area contributed by atoms with Gasteiger partial charge in [-0.1, -0.05) is 26.7 Å². The van der Waals surface area contributed by atoms with Gasteiger partial charge in [-0.15, -0.1) is 11.3 Å². The maximum atomic E-state index is 5.80. The number of nitrogens with zero attached hydrogens (tertiary/aromatic N) is 2. The topological polar surface area (TPSA) is 47.0 Å². The smallest absolute Gasteiger partial charge is 0.142 e. The number of hydrogen-bond acceptors (Lipinski definition) is 5. The zero-order valence-corrected chi connectivity index (χ0v) is 16.9. The van der Waals surface area contributed by atoms with Crippen molar-refractivity contribution < 1.29 is 4.74 Å². The summed E-state index contributed by atoms with van der Waals surface area (Å²) in [5.74, 6) is 2.61. The Hall–Kier alpha value is -2.14. The molecule has 0 saturated heterocycles. The molecule has 0 unspecified atom stereocenters. The van der Waals surface area contributed by atoms with Crippen LogP contribution < -0.4 is 10.1 Å². The lowest BCUT2D eigenvalue weighted by Gasteiger charge is -2.18. The van der Waals surface area contributed by atoms with Gasteiger partial charge >= 0.3 is 0 Å². The Morgan fingerprint density at radius 3 is 2.85 bits per heavy atom. The molecule has 2 aromatic heterocycles. The van der Waals surface area contributed by atoms with Crippen LogP contribution in [-0.2, 0) is 12.8 Å². The fourth-order valence-electron chi connectivity index (χ4n) is 3.68. The maximum absolute atomic E-state index is 5.80. The molecule has 1 atom stereocenters. The monoisotopic (exact) mass is 381 g/mol. The predicted molar refractivity (Wildman–Crippen MR) is 113 cm³/mol. The second-order valence-corrected chi connectivity index (χ2v) is 8.54. The van der Waals surface area contributed by atoms with Gasteiger partial charge in [0.05, 0.1) is 12.0 Å². The van der Waals surface area contributed by atoms with Crippen LogP contribution in [0.15, 0.2) is 30.6 Å². The number of anilines is 2. The minimum atomic E-state index is 0.764. The van der Waals surface area contributed by atoms with Gasteiger partial charge < -0.3 is 10.1 Å². The molecule has 1 aliphatic carbocycles. The highest BCUT2D eigenvalue weighted by Gasteiger charge is 2.23. The SMILES string of the molecule is CCCCCOc1ccc(Nc2ncnc3sc4c(c23)CC[C@H](C)C4)cc1. The van der Waals surface area contributed by atoms with E-state index in [2.05, 4.69) is 41.3 Å². The highest BCUT2D eigenvalue weighted by molar-refractivity contribution is 7.19. The third-order valence-electron chi connectivity index (χ3n) is 5.23. The Labute approximate surface area is 165 Å². The summed E-state index contributed by atoms with van der Waals surface area (Å²) < 4.78 is 5.80. The van der Waals surface area contributed by atoms with Gasteiger partial charge in [-0.25, -0.2) is 9.97 Å². The molecule has 0 fully saturated rings. The first kappa shape index (κ1) is 18.2. The fourth-order valence-corrected chi connectivity index (χ4v) is 5.03. The van der Waals surface area contributed by atoms with E-state index in [1.807, 2.05) is 23.5 Å². The first-order valence-corrected chi connectivity index (χ1v) is 10.8.